The van der Waals surface area contributed by atoms with Crippen LogP contribution < -0.4 is 0 Å². The molecule has 7 rings (SSSR count). The number of hydrogen-bond acceptors (Lipinski definition) is 5. The summed E-state index contributed by atoms with van der Waals surface area (Å²) in [7, 11) is 0. The third kappa shape index (κ3) is 4.30. The summed E-state index contributed by atoms with van der Waals surface area (Å²) in [6.45, 7) is 12.3. The molecule has 11 atom stereocenters. The highest BCUT2D eigenvalue weighted by Crippen LogP contribution is 2.84. The van der Waals surface area contributed by atoms with E-state index in [1.54, 1.807) is 0 Å². The first kappa shape index (κ1) is 31.8. The van der Waals surface area contributed by atoms with E-state index in [1.807, 2.05) is 0 Å². The molecule has 0 spiro atoms. The highest BCUT2D eigenvalue weighted by Gasteiger charge is 2.86. The van der Waals surface area contributed by atoms with Gasteiger partial charge in [-0.2, -0.15) is 0 Å². The van der Waals surface area contributed by atoms with Crippen LogP contribution in [0.1, 0.15) is 111 Å². The Bertz CT molecular complexity index is 1210. The molecule has 3 saturated carbocycles. The molecule has 0 aromatic rings. The highest BCUT2D eigenvalue weighted by molar-refractivity contribution is 5.90. The van der Waals surface area contributed by atoms with Gasteiger partial charge in [-0.15, -0.1) is 0 Å². The maximum Gasteiger partial charge on any atom is 0.315 e. The topological polar surface area (TPSA) is 87.1 Å². The van der Waals surface area contributed by atoms with Crippen molar-refractivity contribution in [3.05, 3.63) is 11.6 Å². The van der Waals surface area contributed by atoms with Gasteiger partial charge in [0.15, 0.2) is 0 Å². The third-order valence-electron chi connectivity index (χ3n) is 14.6. The number of piperidine rings is 1. The first-order valence-electron chi connectivity index (χ1n) is 18.8. The maximum atomic E-state index is 14.1. The van der Waals surface area contributed by atoms with Gasteiger partial charge in [0.1, 0.15) is 11.7 Å². The predicted octanol–water partition coefficient (Wildman–Crippen LogP) is 6.35. The van der Waals surface area contributed by atoms with Crippen molar-refractivity contribution < 1.29 is 24.2 Å². The summed E-state index contributed by atoms with van der Waals surface area (Å²) in [6, 6.07) is -0.0598. The van der Waals surface area contributed by atoms with Gasteiger partial charge in [-0.1, -0.05) is 58.6 Å². The van der Waals surface area contributed by atoms with Crippen LogP contribution in [0.15, 0.2) is 11.6 Å². The van der Waals surface area contributed by atoms with Gasteiger partial charge < -0.3 is 19.5 Å². The number of aldehydes is 1. The van der Waals surface area contributed by atoms with Gasteiger partial charge in [0.25, 0.3) is 0 Å². The van der Waals surface area contributed by atoms with Crippen LogP contribution in [0.25, 0.3) is 0 Å². The molecule has 3 saturated heterocycles. The molecule has 0 radical (unpaired) electrons. The Morgan fingerprint density at radius 3 is 2.56 bits per heavy atom. The van der Waals surface area contributed by atoms with Gasteiger partial charge in [0, 0.05) is 25.0 Å². The standard InChI is InChI=1S/C38H58N2O5/c1-5-6-11-26-18-33(45-32(26)22-40-17-10-12-31(40)34(42)39-15-8-7-9-16-39)37-21-28-25(4)13-14-29(28)36(23-41)20-27(37)19-30(24(2)3)38(36,37)35(43)44/h19,23-29,31-33H,5-18,20-22H2,1-4H3,(H,43,44)/t25-,26?,27?,28-,29-,31+,32?,33?,36?,37?,38?/m1/s1. The lowest BCUT2D eigenvalue weighted by atomic mass is 9.41. The monoisotopic (exact) mass is 622 g/mol. The minimum Gasteiger partial charge on any atom is -0.481 e. The molecular weight excluding hydrogens is 564 g/mol. The van der Waals surface area contributed by atoms with Gasteiger partial charge >= 0.3 is 5.97 Å². The van der Waals surface area contributed by atoms with Gasteiger partial charge in [0.05, 0.1) is 23.7 Å². The molecule has 7 aliphatic rings. The van der Waals surface area contributed by atoms with Crippen LogP contribution in [0.3, 0.4) is 0 Å². The summed E-state index contributed by atoms with van der Waals surface area (Å²) in [6.07, 6.45) is 16.4. The number of carboxylic acid groups (broad SMARTS) is 1. The van der Waals surface area contributed by atoms with E-state index >= 15 is 0 Å². The van der Waals surface area contributed by atoms with E-state index < -0.39 is 22.2 Å². The number of unbranched alkanes of at least 4 members (excludes halogenated alkanes) is 1. The highest BCUT2D eigenvalue weighted by atomic mass is 16.5. The molecule has 7 heteroatoms. The Balaban J connectivity index is 1.24. The van der Waals surface area contributed by atoms with E-state index in [-0.39, 0.29) is 36.0 Å². The Kier molecular flexibility index (Phi) is 8.32. The summed E-state index contributed by atoms with van der Waals surface area (Å²) >= 11 is 0. The second-order valence-electron chi connectivity index (χ2n) is 16.7. The number of aliphatic carboxylic acids is 1. The number of rotatable bonds is 10. The second kappa shape index (κ2) is 11.8. The third-order valence-corrected chi connectivity index (χ3v) is 14.6. The van der Waals surface area contributed by atoms with E-state index in [0.717, 1.165) is 109 Å². The van der Waals surface area contributed by atoms with E-state index in [1.165, 1.54) is 6.42 Å². The first-order valence-corrected chi connectivity index (χ1v) is 18.8. The Labute approximate surface area is 270 Å². The molecule has 6 fully saturated rings. The molecule has 3 heterocycles. The zero-order chi connectivity index (χ0) is 31.7. The lowest BCUT2D eigenvalue weighted by molar-refractivity contribution is -0.197. The number of likely N-dealkylation sites (tertiary alicyclic amines) is 2. The average Bonchev–Trinajstić information content (AvgIpc) is 3.84. The SMILES string of the molecule is CCCCC1CC(C23C[C@@H]4[C@H](C)CC[C@H]4C4(C=O)CC2C=C(C(C)C)C34C(=O)O)OC1CN1CCC[C@H]1C(=O)N1CCCCC1. The van der Waals surface area contributed by atoms with Crippen molar-refractivity contribution in [1.82, 2.24) is 9.80 Å². The van der Waals surface area contributed by atoms with Crippen molar-refractivity contribution in [1.29, 1.82) is 0 Å². The zero-order valence-electron chi connectivity index (χ0n) is 28.3. The lowest BCUT2D eigenvalue weighted by Crippen LogP contribution is -2.65. The van der Waals surface area contributed by atoms with Crippen molar-refractivity contribution in [3.63, 3.8) is 0 Å². The van der Waals surface area contributed by atoms with Crippen LogP contribution in [0.4, 0.5) is 0 Å². The van der Waals surface area contributed by atoms with E-state index in [0.29, 0.717) is 30.1 Å². The van der Waals surface area contributed by atoms with Crippen LogP contribution in [-0.2, 0) is 19.1 Å². The van der Waals surface area contributed by atoms with Crippen molar-refractivity contribution in [2.45, 2.75) is 129 Å². The minimum atomic E-state index is -1.19. The van der Waals surface area contributed by atoms with Crippen molar-refractivity contribution in [3.8, 4) is 0 Å². The van der Waals surface area contributed by atoms with Crippen LogP contribution >= 0.6 is 0 Å². The number of carboxylic acids is 1. The van der Waals surface area contributed by atoms with Gasteiger partial charge in [-0.3, -0.25) is 14.5 Å². The maximum absolute atomic E-state index is 14.1. The molecule has 0 aromatic carbocycles. The summed E-state index contributed by atoms with van der Waals surface area (Å²) < 4.78 is 7.35. The quantitative estimate of drug-likeness (QED) is 0.226. The smallest absolute Gasteiger partial charge is 0.315 e. The van der Waals surface area contributed by atoms with Gasteiger partial charge in [-0.25, -0.2) is 0 Å². The zero-order valence-corrected chi connectivity index (χ0v) is 28.3. The van der Waals surface area contributed by atoms with Crippen LogP contribution in [0.5, 0.6) is 0 Å². The largest absolute Gasteiger partial charge is 0.481 e. The Morgan fingerprint density at radius 2 is 1.87 bits per heavy atom. The van der Waals surface area contributed by atoms with Crippen molar-refractivity contribution in [2.75, 3.05) is 26.2 Å². The average molecular weight is 623 g/mol. The Morgan fingerprint density at radius 1 is 1.09 bits per heavy atom. The van der Waals surface area contributed by atoms with E-state index in [2.05, 4.69) is 43.6 Å². The summed E-state index contributed by atoms with van der Waals surface area (Å²) in [5.74, 6) is 1.00. The molecule has 1 amide bonds. The number of hydrogen-bond donors (Lipinski definition) is 1. The molecule has 250 valence electrons. The second-order valence-corrected chi connectivity index (χ2v) is 16.7. The molecule has 4 aliphatic carbocycles. The summed E-state index contributed by atoms with van der Waals surface area (Å²) in [5.41, 5.74) is -1.64. The number of carbonyl (C=O) groups is 3. The minimum absolute atomic E-state index is 0.0108. The lowest BCUT2D eigenvalue weighted by Gasteiger charge is -2.60. The van der Waals surface area contributed by atoms with E-state index in [9.17, 15) is 19.5 Å². The number of nitrogens with zero attached hydrogens (tertiary/aromatic N) is 2. The number of carbonyl (C=O) groups excluding carboxylic acids is 2. The fourth-order valence-corrected chi connectivity index (χ4v) is 12.8. The van der Waals surface area contributed by atoms with Gasteiger partial charge in [-0.05, 0) is 106 Å². The number of amides is 1. The fourth-order valence-electron chi connectivity index (χ4n) is 12.8. The number of fused-ring (bicyclic) bond motifs is 2. The van der Waals surface area contributed by atoms with Gasteiger partial charge in [0.2, 0.25) is 5.91 Å². The molecule has 3 aliphatic heterocycles. The van der Waals surface area contributed by atoms with Crippen LogP contribution in [0.2, 0.25) is 0 Å². The molecule has 0 aromatic heterocycles. The normalized spacial score (nSPS) is 45.7. The molecular formula is C38H58N2O5. The molecule has 1 N–H and O–H groups in total. The Hall–Kier alpha value is -1.73. The van der Waals surface area contributed by atoms with Crippen LogP contribution in [0, 0.1) is 51.8 Å². The predicted molar refractivity (Wildman–Crippen MR) is 173 cm³/mol. The number of allylic oxidation sites excluding steroid dienone is 1. The fraction of sp³-hybridized carbons (Fsp3) is 0.868. The van der Waals surface area contributed by atoms with Crippen LogP contribution in [-0.4, -0.2) is 77.5 Å². The summed E-state index contributed by atoms with van der Waals surface area (Å²) in [4.78, 5) is 45.9. The molecule has 4 bridgehead atoms. The first-order chi connectivity index (χ1) is 21.7. The molecule has 7 nitrogen and oxygen atoms in total. The van der Waals surface area contributed by atoms with Crippen molar-refractivity contribution >= 4 is 18.2 Å². The molecule has 7 unspecified atom stereocenters. The molecule has 45 heavy (non-hydrogen) atoms. The van der Waals surface area contributed by atoms with Crippen molar-refractivity contribution in [2.24, 2.45) is 51.8 Å². The summed E-state index contributed by atoms with van der Waals surface area (Å²) in [5, 5.41) is 11.5. The number of ether oxygens (including phenoxy) is 1. The van der Waals surface area contributed by atoms with E-state index in [4.69, 9.17) is 4.74 Å².